The van der Waals surface area contributed by atoms with Crippen molar-refractivity contribution in [2.24, 2.45) is 9.98 Å². The van der Waals surface area contributed by atoms with Crippen LogP contribution in [0, 0.1) is 6.92 Å². The molecule has 0 saturated carbocycles. The second kappa shape index (κ2) is 18.2. The number of hydrogen-bond donors (Lipinski definition) is 3. The van der Waals surface area contributed by atoms with Crippen molar-refractivity contribution in [3.63, 3.8) is 0 Å². The van der Waals surface area contributed by atoms with E-state index in [1.807, 2.05) is 20.8 Å². The highest BCUT2D eigenvalue weighted by atomic mass is 35.5. The molecule has 0 bridgehead atoms. The fourth-order valence-corrected chi connectivity index (χ4v) is 3.89. The summed E-state index contributed by atoms with van der Waals surface area (Å²) >= 11 is 6.09. The van der Waals surface area contributed by atoms with Crippen molar-refractivity contribution in [3.8, 4) is 0 Å². The molecule has 1 aliphatic heterocycles. The highest BCUT2D eigenvalue weighted by molar-refractivity contribution is 6.28. The number of aryl methyl sites for hydroxylation is 1. The number of nitrogens with zero attached hydrogens (tertiary/aromatic N) is 3. The van der Waals surface area contributed by atoms with Crippen LogP contribution in [-0.2, 0) is 0 Å². The number of anilines is 1. The van der Waals surface area contributed by atoms with Gasteiger partial charge in [-0.3, -0.25) is 4.99 Å². The number of allylic oxidation sites excluding steroid dienone is 1. The van der Waals surface area contributed by atoms with E-state index in [9.17, 15) is 0 Å². The predicted octanol–water partition coefficient (Wildman–Crippen LogP) is 8.08. The number of halogens is 1. The van der Waals surface area contributed by atoms with Crippen LogP contribution >= 0.6 is 11.6 Å². The third kappa shape index (κ3) is 10.4. The van der Waals surface area contributed by atoms with Crippen LogP contribution in [-0.4, -0.2) is 41.1 Å². The Morgan fingerprint density at radius 1 is 1.16 bits per heavy atom. The van der Waals surface area contributed by atoms with E-state index in [-0.39, 0.29) is 0 Å². The number of rotatable bonds is 13. The van der Waals surface area contributed by atoms with Crippen LogP contribution in [0.3, 0.4) is 0 Å². The summed E-state index contributed by atoms with van der Waals surface area (Å²) in [4.78, 5) is 16.9. The van der Waals surface area contributed by atoms with Gasteiger partial charge >= 0.3 is 0 Å². The first-order valence-electron chi connectivity index (χ1n) is 13.3. The smallest absolute Gasteiger partial charge is 0.202 e. The topological polar surface area (TPSA) is 77.5 Å². The maximum Gasteiger partial charge on any atom is 0.202 e. The van der Waals surface area contributed by atoms with Crippen molar-refractivity contribution < 1.29 is 0 Å². The molecule has 37 heavy (non-hydrogen) atoms. The molecule has 0 saturated heterocycles. The molecule has 0 atom stereocenters. The second-order valence-corrected chi connectivity index (χ2v) is 8.61. The molecule has 3 N–H and O–H groups in total. The van der Waals surface area contributed by atoms with Gasteiger partial charge in [-0.1, -0.05) is 58.1 Å². The first kappa shape index (κ1) is 31.9. The standard InChI is InChI=1S/C26H35ClN6.C2H6.C2H4/c1-5-7-14-28-19(4)24-25(33-26(27)32-24)29-15-9-8-11-23-30-17-22(31-23)21-13-12-20(10-6-2)18(3)16-21;2*1-2/h6,10,12-13,16,28-29H,4-5,7-9,11,14-15,17H2,1-3H3,(H,32,33);1-2H3;1-2H2/b10-6-;;. The van der Waals surface area contributed by atoms with Crippen molar-refractivity contribution in [3.05, 3.63) is 71.7 Å². The van der Waals surface area contributed by atoms with Crippen molar-refractivity contribution in [2.45, 2.75) is 66.7 Å². The third-order valence-corrected chi connectivity index (χ3v) is 5.77. The van der Waals surface area contributed by atoms with Gasteiger partial charge in [0.25, 0.3) is 0 Å². The van der Waals surface area contributed by atoms with Gasteiger partial charge < -0.3 is 15.6 Å². The van der Waals surface area contributed by atoms with E-state index >= 15 is 0 Å². The number of aliphatic imine (C=N–C) groups is 2. The Hall–Kier alpha value is -3.12. The minimum Gasteiger partial charge on any atom is -0.384 e. The Bertz CT molecular complexity index is 1060. The van der Waals surface area contributed by atoms with Gasteiger partial charge in [-0.05, 0) is 67.5 Å². The molecule has 3 rings (SSSR count). The quantitative estimate of drug-likeness (QED) is 0.183. The van der Waals surface area contributed by atoms with Crippen LogP contribution in [0.1, 0.15) is 82.2 Å². The van der Waals surface area contributed by atoms with E-state index < -0.39 is 0 Å². The summed E-state index contributed by atoms with van der Waals surface area (Å²) < 4.78 is 0. The number of hydrogen-bond acceptors (Lipinski definition) is 5. The van der Waals surface area contributed by atoms with E-state index in [1.165, 1.54) is 11.1 Å². The average Bonchev–Trinajstić information content (AvgIpc) is 3.54. The lowest BCUT2D eigenvalue weighted by Gasteiger charge is -2.10. The van der Waals surface area contributed by atoms with Crippen molar-refractivity contribution in [2.75, 3.05) is 25.0 Å². The van der Waals surface area contributed by atoms with E-state index in [1.54, 1.807) is 0 Å². The molecule has 2 aromatic rings. The largest absolute Gasteiger partial charge is 0.384 e. The van der Waals surface area contributed by atoms with E-state index in [0.29, 0.717) is 11.8 Å². The molecule has 2 heterocycles. The van der Waals surface area contributed by atoms with Gasteiger partial charge in [0.2, 0.25) is 5.28 Å². The first-order chi connectivity index (χ1) is 18.0. The summed E-state index contributed by atoms with van der Waals surface area (Å²) in [7, 11) is 0. The molecular formula is C30H45ClN6. The molecular weight excluding hydrogens is 480 g/mol. The molecule has 0 unspecified atom stereocenters. The van der Waals surface area contributed by atoms with Crippen LogP contribution in [0.5, 0.6) is 0 Å². The number of unbranched alkanes of at least 4 members (excludes halogenated alkanes) is 2. The minimum atomic E-state index is 0.363. The molecule has 0 amide bonds. The summed E-state index contributed by atoms with van der Waals surface area (Å²) in [5.74, 6) is 1.68. The van der Waals surface area contributed by atoms with Crippen molar-refractivity contribution >= 4 is 40.7 Å². The Kier molecular flexibility index (Phi) is 15.7. The second-order valence-electron chi connectivity index (χ2n) is 8.26. The van der Waals surface area contributed by atoms with Gasteiger partial charge in [-0.15, -0.1) is 13.2 Å². The lowest BCUT2D eigenvalue weighted by atomic mass is 10.0. The van der Waals surface area contributed by atoms with Crippen LogP contribution in [0.2, 0.25) is 5.28 Å². The fourth-order valence-electron chi connectivity index (χ4n) is 3.72. The zero-order valence-electron chi connectivity index (χ0n) is 23.4. The van der Waals surface area contributed by atoms with Crippen molar-refractivity contribution in [1.82, 2.24) is 15.3 Å². The highest BCUT2D eigenvalue weighted by Crippen LogP contribution is 2.21. The number of amidine groups is 1. The minimum absolute atomic E-state index is 0.363. The van der Waals surface area contributed by atoms with E-state index in [0.717, 1.165) is 79.5 Å². The van der Waals surface area contributed by atoms with Gasteiger partial charge in [0, 0.05) is 19.5 Å². The Labute approximate surface area is 229 Å². The normalized spacial score (nSPS) is 12.2. The lowest BCUT2D eigenvalue weighted by Crippen LogP contribution is -2.14. The number of aromatic amines is 1. The molecule has 1 aromatic heterocycles. The number of benzene rings is 1. The molecule has 0 spiro atoms. The SMILES string of the molecule is C=C.C=C(NCCCC)c1[nH]c(Cl)nc1NCCCCC1=NCC(c2ccc(/C=C\C)c(C)c2)=N1.CC. The van der Waals surface area contributed by atoms with Gasteiger partial charge in [0.1, 0.15) is 11.5 Å². The van der Waals surface area contributed by atoms with Crippen LogP contribution in [0.4, 0.5) is 5.82 Å². The number of aromatic nitrogens is 2. The monoisotopic (exact) mass is 524 g/mol. The maximum absolute atomic E-state index is 6.09. The van der Waals surface area contributed by atoms with Crippen LogP contribution in [0.25, 0.3) is 11.8 Å². The Morgan fingerprint density at radius 3 is 2.59 bits per heavy atom. The third-order valence-electron chi connectivity index (χ3n) is 5.59. The molecule has 7 heteroatoms. The zero-order valence-corrected chi connectivity index (χ0v) is 24.1. The zero-order chi connectivity index (χ0) is 27.6. The maximum atomic E-state index is 6.09. The molecule has 1 aliphatic rings. The summed E-state index contributed by atoms with van der Waals surface area (Å²) in [6, 6.07) is 6.50. The van der Waals surface area contributed by atoms with E-state index in [4.69, 9.17) is 16.6 Å². The van der Waals surface area contributed by atoms with Gasteiger partial charge in [0.05, 0.1) is 18.0 Å². The summed E-state index contributed by atoms with van der Waals surface area (Å²) in [6.07, 6.45) is 9.29. The molecule has 202 valence electrons. The molecule has 1 aromatic carbocycles. The number of imidazole rings is 1. The fraction of sp³-hybridized carbons (Fsp3) is 0.433. The molecule has 0 fully saturated rings. The van der Waals surface area contributed by atoms with Gasteiger partial charge in [0.15, 0.2) is 5.82 Å². The van der Waals surface area contributed by atoms with Crippen molar-refractivity contribution in [1.29, 1.82) is 0 Å². The molecule has 0 aliphatic carbocycles. The highest BCUT2D eigenvalue weighted by Gasteiger charge is 2.14. The van der Waals surface area contributed by atoms with Gasteiger partial charge in [-0.2, -0.15) is 0 Å². The molecule has 0 radical (unpaired) electrons. The lowest BCUT2D eigenvalue weighted by molar-refractivity contribution is 0.743. The number of nitrogens with one attached hydrogen (secondary N) is 3. The predicted molar refractivity (Wildman–Crippen MR) is 165 cm³/mol. The summed E-state index contributed by atoms with van der Waals surface area (Å²) in [5, 5.41) is 7.07. The first-order valence-corrected chi connectivity index (χ1v) is 13.7. The summed E-state index contributed by atoms with van der Waals surface area (Å²) in [6.45, 7) is 22.8. The number of H-pyrrole nitrogens is 1. The summed E-state index contributed by atoms with van der Waals surface area (Å²) in [5.41, 5.74) is 6.35. The Balaban J connectivity index is 0.00000163. The van der Waals surface area contributed by atoms with Gasteiger partial charge in [-0.25, -0.2) is 9.98 Å². The van der Waals surface area contributed by atoms with Crippen LogP contribution < -0.4 is 10.6 Å². The Morgan fingerprint density at radius 2 is 1.92 bits per heavy atom. The van der Waals surface area contributed by atoms with Crippen LogP contribution in [0.15, 0.2) is 54.0 Å². The van der Waals surface area contributed by atoms with E-state index in [2.05, 4.69) is 89.5 Å². The average molecular weight is 525 g/mol. The molecule has 6 nitrogen and oxygen atoms in total.